The fraction of sp³-hybridized carbons (Fsp3) is 0.588. The van der Waals surface area contributed by atoms with Gasteiger partial charge in [-0.15, -0.1) is 0 Å². The van der Waals surface area contributed by atoms with E-state index in [2.05, 4.69) is 17.4 Å². The number of piperidine rings is 1. The number of amides is 1. The second-order valence-electron chi connectivity index (χ2n) is 5.71. The molecule has 1 heterocycles. The number of hydrogen-bond donors (Lipinski definition) is 1. The van der Waals surface area contributed by atoms with Crippen molar-refractivity contribution >= 4 is 5.91 Å². The first kappa shape index (κ1) is 15.8. The third kappa shape index (κ3) is 4.74. The molecule has 1 N–H and O–H groups in total. The minimum Gasteiger partial charge on any atom is -0.497 e. The molecule has 0 spiro atoms. The van der Waals surface area contributed by atoms with Gasteiger partial charge in [-0.2, -0.15) is 0 Å². The van der Waals surface area contributed by atoms with Gasteiger partial charge >= 0.3 is 0 Å². The number of benzene rings is 1. The third-order valence-electron chi connectivity index (χ3n) is 4.10. The summed E-state index contributed by atoms with van der Waals surface area (Å²) in [5.74, 6) is 1.12. The van der Waals surface area contributed by atoms with E-state index in [4.69, 9.17) is 4.74 Å². The lowest BCUT2D eigenvalue weighted by atomic mass is 10.0. The number of nitrogens with zero attached hydrogens (tertiary/aromatic N) is 1. The highest BCUT2D eigenvalue weighted by molar-refractivity contribution is 5.81. The molecule has 1 saturated heterocycles. The summed E-state index contributed by atoms with van der Waals surface area (Å²) >= 11 is 0. The minimum atomic E-state index is 0.0322. The molecule has 1 aromatic rings. The molecule has 1 amide bonds. The number of carbonyl (C=O) groups is 1. The molecule has 1 aliphatic rings. The van der Waals surface area contributed by atoms with Gasteiger partial charge in [0.25, 0.3) is 0 Å². The second kappa shape index (κ2) is 8.03. The summed E-state index contributed by atoms with van der Waals surface area (Å²) in [7, 11) is 3.58. The van der Waals surface area contributed by atoms with E-state index in [9.17, 15) is 4.79 Å². The van der Waals surface area contributed by atoms with Gasteiger partial charge in [-0.3, -0.25) is 4.79 Å². The highest BCUT2D eigenvalue weighted by Crippen LogP contribution is 2.13. The summed E-state index contributed by atoms with van der Waals surface area (Å²) < 4.78 is 5.15. The van der Waals surface area contributed by atoms with Crippen LogP contribution in [0.3, 0.4) is 0 Å². The maximum absolute atomic E-state index is 12.3. The van der Waals surface area contributed by atoms with Crippen LogP contribution in [0, 0.1) is 0 Å². The molecule has 1 atom stereocenters. The van der Waals surface area contributed by atoms with Crippen LogP contribution in [-0.4, -0.2) is 44.1 Å². The van der Waals surface area contributed by atoms with Gasteiger partial charge in [0.2, 0.25) is 5.91 Å². The van der Waals surface area contributed by atoms with Crippen molar-refractivity contribution in [3.8, 4) is 5.75 Å². The summed E-state index contributed by atoms with van der Waals surface area (Å²) in [5.41, 5.74) is 1.28. The Morgan fingerprint density at radius 2 is 2.10 bits per heavy atom. The Morgan fingerprint density at radius 1 is 1.33 bits per heavy atom. The molecule has 1 fully saturated rings. The Morgan fingerprint density at radius 3 is 2.71 bits per heavy atom. The van der Waals surface area contributed by atoms with Crippen LogP contribution < -0.4 is 10.1 Å². The molecule has 0 aliphatic carbocycles. The van der Waals surface area contributed by atoms with E-state index < -0.39 is 0 Å². The number of rotatable bonds is 6. The quantitative estimate of drug-likeness (QED) is 0.873. The molecule has 0 saturated carbocycles. The topological polar surface area (TPSA) is 41.6 Å². The maximum Gasteiger partial charge on any atom is 0.239 e. The minimum absolute atomic E-state index is 0.0322. The highest BCUT2D eigenvalue weighted by Gasteiger charge is 2.23. The lowest BCUT2D eigenvalue weighted by Crippen LogP contribution is -2.47. The summed E-state index contributed by atoms with van der Waals surface area (Å²) in [6.07, 6.45) is 5.29. The average Bonchev–Trinajstić information content (AvgIpc) is 2.55. The lowest BCUT2D eigenvalue weighted by molar-refractivity contribution is -0.132. The molecular formula is C17H26N2O2. The first-order valence-electron chi connectivity index (χ1n) is 7.82. The van der Waals surface area contributed by atoms with Crippen molar-refractivity contribution in [2.45, 2.75) is 38.1 Å². The van der Waals surface area contributed by atoms with Gasteiger partial charge in [0.05, 0.1) is 13.2 Å². The maximum atomic E-state index is 12.3. The summed E-state index contributed by atoms with van der Waals surface area (Å²) in [6, 6.07) is 8.17. The molecule has 21 heavy (non-hydrogen) atoms. The Hall–Kier alpha value is -1.55. The predicted molar refractivity (Wildman–Crippen MR) is 84.6 cm³/mol. The van der Waals surface area contributed by atoms with Crippen LogP contribution in [0.1, 0.15) is 31.2 Å². The number of aryl methyl sites for hydroxylation is 1. The van der Waals surface area contributed by atoms with E-state index in [1.54, 1.807) is 7.11 Å². The third-order valence-corrected chi connectivity index (χ3v) is 4.10. The Balaban J connectivity index is 1.72. The number of methoxy groups -OCH3 is 1. The normalized spacial score (nSPS) is 18.3. The summed E-state index contributed by atoms with van der Waals surface area (Å²) in [4.78, 5) is 14.1. The molecule has 116 valence electrons. The van der Waals surface area contributed by atoms with E-state index in [1.807, 2.05) is 24.1 Å². The van der Waals surface area contributed by atoms with Crippen molar-refractivity contribution in [3.05, 3.63) is 29.8 Å². The van der Waals surface area contributed by atoms with Crippen LogP contribution in [0.4, 0.5) is 0 Å². The molecule has 0 radical (unpaired) electrons. The predicted octanol–water partition coefficient (Wildman–Crippen LogP) is 2.23. The average molecular weight is 290 g/mol. The SMILES string of the molecule is COc1ccc(CCCN(C)C(=O)C2CCCCN2)cc1. The summed E-state index contributed by atoms with van der Waals surface area (Å²) in [6.45, 7) is 1.78. The monoisotopic (exact) mass is 290 g/mol. The van der Waals surface area contributed by atoms with Crippen LogP contribution in [0.25, 0.3) is 0 Å². The lowest BCUT2D eigenvalue weighted by Gasteiger charge is -2.27. The van der Waals surface area contributed by atoms with Gasteiger partial charge < -0.3 is 15.0 Å². The van der Waals surface area contributed by atoms with Crippen LogP contribution in [-0.2, 0) is 11.2 Å². The Labute approximate surface area is 127 Å². The van der Waals surface area contributed by atoms with E-state index >= 15 is 0 Å². The molecular weight excluding hydrogens is 264 g/mol. The molecule has 2 rings (SSSR count). The van der Waals surface area contributed by atoms with Crippen molar-refractivity contribution in [2.75, 3.05) is 27.2 Å². The van der Waals surface area contributed by atoms with Crippen LogP contribution >= 0.6 is 0 Å². The van der Waals surface area contributed by atoms with Crippen LogP contribution in [0.2, 0.25) is 0 Å². The number of hydrogen-bond acceptors (Lipinski definition) is 3. The van der Waals surface area contributed by atoms with Gasteiger partial charge in [0.15, 0.2) is 0 Å². The van der Waals surface area contributed by atoms with Crippen LogP contribution in [0.5, 0.6) is 5.75 Å². The smallest absolute Gasteiger partial charge is 0.239 e. The van der Waals surface area contributed by atoms with Crippen LogP contribution in [0.15, 0.2) is 24.3 Å². The van der Waals surface area contributed by atoms with E-state index in [0.29, 0.717) is 0 Å². The van der Waals surface area contributed by atoms with E-state index in [1.165, 1.54) is 12.0 Å². The Kier molecular flexibility index (Phi) is 6.05. The molecule has 1 unspecified atom stereocenters. The fourth-order valence-electron chi connectivity index (χ4n) is 2.75. The zero-order valence-electron chi connectivity index (χ0n) is 13.1. The standard InChI is InChI=1S/C17H26N2O2/c1-19(17(20)16-7-3-4-12-18-16)13-5-6-14-8-10-15(21-2)11-9-14/h8-11,16,18H,3-7,12-13H2,1-2H3. The zero-order chi connectivity index (χ0) is 15.1. The van der Waals surface area contributed by atoms with E-state index in [-0.39, 0.29) is 11.9 Å². The van der Waals surface area contributed by atoms with Gasteiger partial charge in [-0.1, -0.05) is 18.6 Å². The Bertz CT molecular complexity index is 439. The zero-order valence-corrected chi connectivity index (χ0v) is 13.1. The van der Waals surface area contributed by atoms with Crippen molar-refractivity contribution in [1.82, 2.24) is 10.2 Å². The highest BCUT2D eigenvalue weighted by atomic mass is 16.5. The molecule has 0 aromatic heterocycles. The second-order valence-corrected chi connectivity index (χ2v) is 5.71. The van der Waals surface area contributed by atoms with Gasteiger partial charge in [0, 0.05) is 13.6 Å². The number of likely N-dealkylation sites (N-methyl/N-ethyl adjacent to an activating group) is 1. The van der Waals surface area contributed by atoms with Crippen molar-refractivity contribution < 1.29 is 9.53 Å². The molecule has 1 aliphatic heterocycles. The molecule has 4 heteroatoms. The van der Waals surface area contributed by atoms with Crippen molar-refractivity contribution in [1.29, 1.82) is 0 Å². The van der Waals surface area contributed by atoms with Gasteiger partial charge in [-0.25, -0.2) is 0 Å². The molecule has 0 bridgehead atoms. The molecule has 1 aromatic carbocycles. The first-order valence-corrected chi connectivity index (χ1v) is 7.82. The number of nitrogens with one attached hydrogen (secondary N) is 1. The van der Waals surface area contributed by atoms with Gasteiger partial charge in [-0.05, 0) is 49.9 Å². The van der Waals surface area contributed by atoms with Gasteiger partial charge in [0.1, 0.15) is 5.75 Å². The fourth-order valence-corrected chi connectivity index (χ4v) is 2.75. The van der Waals surface area contributed by atoms with Crippen molar-refractivity contribution in [3.63, 3.8) is 0 Å². The number of ether oxygens (including phenoxy) is 1. The molecule has 4 nitrogen and oxygen atoms in total. The summed E-state index contributed by atoms with van der Waals surface area (Å²) in [5, 5.41) is 3.32. The van der Waals surface area contributed by atoms with E-state index in [0.717, 1.165) is 44.5 Å². The number of carbonyl (C=O) groups excluding carboxylic acids is 1. The largest absolute Gasteiger partial charge is 0.497 e. The van der Waals surface area contributed by atoms with Crippen molar-refractivity contribution in [2.24, 2.45) is 0 Å². The first-order chi connectivity index (χ1) is 10.2.